The van der Waals surface area contributed by atoms with Crippen molar-refractivity contribution >= 4 is 0 Å². The molecule has 4 heteroatoms. The van der Waals surface area contributed by atoms with Gasteiger partial charge >= 0.3 is 0 Å². The molecule has 2 N–H and O–H groups in total. The van der Waals surface area contributed by atoms with Crippen molar-refractivity contribution in [2.24, 2.45) is 11.7 Å². The predicted molar refractivity (Wildman–Crippen MR) is 65.0 cm³/mol. The van der Waals surface area contributed by atoms with Gasteiger partial charge in [0.1, 0.15) is 0 Å². The molecule has 1 aromatic heterocycles. The Bertz CT molecular complexity index is 321. The molecule has 4 nitrogen and oxygen atoms in total. The van der Waals surface area contributed by atoms with E-state index in [2.05, 4.69) is 23.1 Å². The summed E-state index contributed by atoms with van der Waals surface area (Å²) in [6.45, 7) is 7.26. The quantitative estimate of drug-likeness (QED) is 0.829. The van der Waals surface area contributed by atoms with Crippen LogP contribution >= 0.6 is 0 Å². The van der Waals surface area contributed by atoms with E-state index in [-0.39, 0.29) is 0 Å². The lowest BCUT2D eigenvalue weighted by atomic mass is 9.98. The highest BCUT2D eigenvalue weighted by atomic mass is 15.3. The summed E-state index contributed by atoms with van der Waals surface area (Å²) < 4.78 is 1.99. The monoisotopic (exact) mass is 222 g/mol. The first-order chi connectivity index (χ1) is 7.81. The number of aromatic nitrogens is 2. The summed E-state index contributed by atoms with van der Waals surface area (Å²) in [5, 5.41) is 4.30. The van der Waals surface area contributed by atoms with Crippen molar-refractivity contribution in [1.82, 2.24) is 14.7 Å². The molecule has 0 bridgehead atoms. The van der Waals surface area contributed by atoms with Gasteiger partial charge in [-0.15, -0.1) is 0 Å². The van der Waals surface area contributed by atoms with Gasteiger partial charge in [0.2, 0.25) is 0 Å². The van der Waals surface area contributed by atoms with Gasteiger partial charge in [-0.1, -0.05) is 0 Å². The van der Waals surface area contributed by atoms with Gasteiger partial charge in [-0.25, -0.2) is 0 Å². The van der Waals surface area contributed by atoms with Crippen LogP contribution in [0.4, 0.5) is 0 Å². The molecule has 16 heavy (non-hydrogen) atoms. The molecule has 0 aliphatic carbocycles. The molecule has 0 spiro atoms. The van der Waals surface area contributed by atoms with Crippen LogP contribution in [-0.2, 0) is 13.1 Å². The maximum Gasteiger partial charge on any atom is 0.0534 e. The lowest BCUT2D eigenvalue weighted by Gasteiger charge is -2.31. The third-order valence-electron chi connectivity index (χ3n) is 3.35. The molecule has 1 fully saturated rings. The van der Waals surface area contributed by atoms with Crippen molar-refractivity contribution < 1.29 is 0 Å². The third kappa shape index (κ3) is 2.83. The third-order valence-corrected chi connectivity index (χ3v) is 3.35. The summed E-state index contributed by atoms with van der Waals surface area (Å²) in [5.41, 5.74) is 7.06. The van der Waals surface area contributed by atoms with E-state index in [0.29, 0.717) is 5.92 Å². The van der Waals surface area contributed by atoms with Crippen LogP contribution in [0.1, 0.15) is 25.3 Å². The topological polar surface area (TPSA) is 47.1 Å². The molecular formula is C12H22N4. The molecule has 1 aliphatic rings. The van der Waals surface area contributed by atoms with Gasteiger partial charge in [0.05, 0.1) is 6.20 Å². The van der Waals surface area contributed by atoms with Crippen molar-refractivity contribution in [2.45, 2.75) is 32.9 Å². The Morgan fingerprint density at radius 2 is 2.44 bits per heavy atom. The van der Waals surface area contributed by atoms with Crippen LogP contribution < -0.4 is 5.73 Å². The molecule has 0 amide bonds. The van der Waals surface area contributed by atoms with E-state index in [1.807, 2.05) is 10.9 Å². The van der Waals surface area contributed by atoms with Crippen LogP contribution in [0.3, 0.4) is 0 Å². The molecular weight excluding hydrogens is 200 g/mol. The largest absolute Gasteiger partial charge is 0.330 e. The second-order valence-corrected chi connectivity index (χ2v) is 4.68. The summed E-state index contributed by atoms with van der Waals surface area (Å²) >= 11 is 0. The van der Waals surface area contributed by atoms with E-state index >= 15 is 0 Å². The van der Waals surface area contributed by atoms with E-state index in [9.17, 15) is 0 Å². The number of hydrogen-bond donors (Lipinski definition) is 1. The minimum atomic E-state index is 0.690. The minimum absolute atomic E-state index is 0.690. The van der Waals surface area contributed by atoms with Gasteiger partial charge in [-0.2, -0.15) is 5.10 Å². The van der Waals surface area contributed by atoms with Gasteiger partial charge in [-0.3, -0.25) is 9.58 Å². The number of hydrogen-bond acceptors (Lipinski definition) is 3. The first-order valence-electron chi connectivity index (χ1n) is 6.25. The van der Waals surface area contributed by atoms with Gasteiger partial charge in [0, 0.05) is 31.4 Å². The second kappa shape index (κ2) is 5.46. The number of piperidine rings is 1. The fourth-order valence-corrected chi connectivity index (χ4v) is 2.41. The van der Waals surface area contributed by atoms with Crippen LogP contribution in [0, 0.1) is 5.92 Å². The number of nitrogens with zero attached hydrogens (tertiary/aromatic N) is 3. The summed E-state index contributed by atoms with van der Waals surface area (Å²) in [4.78, 5) is 2.50. The Balaban J connectivity index is 1.88. The van der Waals surface area contributed by atoms with Crippen molar-refractivity contribution in [3.8, 4) is 0 Å². The van der Waals surface area contributed by atoms with Crippen LogP contribution in [-0.4, -0.2) is 34.3 Å². The van der Waals surface area contributed by atoms with Crippen molar-refractivity contribution in [3.05, 3.63) is 18.0 Å². The Hall–Kier alpha value is -0.870. The molecule has 0 radical (unpaired) electrons. The Morgan fingerprint density at radius 3 is 3.12 bits per heavy atom. The van der Waals surface area contributed by atoms with Crippen LogP contribution in [0.25, 0.3) is 0 Å². The van der Waals surface area contributed by atoms with Gasteiger partial charge < -0.3 is 5.73 Å². The molecule has 2 heterocycles. The van der Waals surface area contributed by atoms with Crippen LogP contribution in [0.15, 0.2) is 12.4 Å². The zero-order chi connectivity index (χ0) is 11.4. The molecule has 1 saturated heterocycles. The number of nitrogens with two attached hydrogens (primary N) is 1. The Kier molecular flexibility index (Phi) is 3.96. The lowest BCUT2D eigenvalue weighted by Crippen LogP contribution is -2.37. The van der Waals surface area contributed by atoms with Gasteiger partial charge in [0.15, 0.2) is 0 Å². The lowest BCUT2D eigenvalue weighted by molar-refractivity contribution is 0.171. The average molecular weight is 222 g/mol. The smallest absolute Gasteiger partial charge is 0.0534 e. The first kappa shape index (κ1) is 11.6. The van der Waals surface area contributed by atoms with E-state index in [1.165, 1.54) is 24.9 Å². The molecule has 1 atom stereocenters. The molecule has 1 aliphatic heterocycles. The molecule has 0 aromatic carbocycles. The average Bonchev–Trinajstić information content (AvgIpc) is 2.77. The predicted octanol–water partition coefficient (Wildman–Crippen LogP) is 1.07. The summed E-state index contributed by atoms with van der Waals surface area (Å²) in [7, 11) is 0. The highest BCUT2D eigenvalue weighted by molar-refractivity contribution is 5.03. The molecule has 1 unspecified atom stereocenters. The molecule has 1 aromatic rings. The zero-order valence-corrected chi connectivity index (χ0v) is 10.1. The van der Waals surface area contributed by atoms with E-state index < -0.39 is 0 Å². The summed E-state index contributed by atoms with van der Waals surface area (Å²) in [6.07, 6.45) is 6.70. The van der Waals surface area contributed by atoms with Crippen molar-refractivity contribution in [2.75, 3.05) is 19.6 Å². The summed E-state index contributed by atoms with van der Waals surface area (Å²) in [5.74, 6) is 0.690. The summed E-state index contributed by atoms with van der Waals surface area (Å²) in [6, 6.07) is 0. The SMILES string of the molecule is CCn1cc(CN2CCCC(CN)C2)cn1. The van der Waals surface area contributed by atoms with E-state index in [0.717, 1.165) is 26.2 Å². The van der Waals surface area contributed by atoms with Crippen LogP contribution in [0.2, 0.25) is 0 Å². The van der Waals surface area contributed by atoms with Crippen molar-refractivity contribution in [1.29, 1.82) is 0 Å². The highest BCUT2D eigenvalue weighted by Gasteiger charge is 2.18. The van der Waals surface area contributed by atoms with Crippen LogP contribution in [0.5, 0.6) is 0 Å². The van der Waals surface area contributed by atoms with Gasteiger partial charge in [0.25, 0.3) is 0 Å². The molecule has 2 rings (SSSR count). The van der Waals surface area contributed by atoms with Gasteiger partial charge in [-0.05, 0) is 38.8 Å². The van der Waals surface area contributed by atoms with Crippen molar-refractivity contribution in [3.63, 3.8) is 0 Å². The van der Waals surface area contributed by atoms with E-state index in [4.69, 9.17) is 5.73 Å². The Labute approximate surface area is 97.4 Å². The number of aryl methyl sites for hydroxylation is 1. The standard InChI is InChI=1S/C12H22N4/c1-2-16-10-12(7-14-16)9-15-5-3-4-11(6-13)8-15/h7,10-11H,2-6,8-9,13H2,1H3. The maximum absolute atomic E-state index is 5.74. The van der Waals surface area contributed by atoms with E-state index in [1.54, 1.807) is 0 Å². The second-order valence-electron chi connectivity index (χ2n) is 4.68. The number of rotatable bonds is 4. The highest BCUT2D eigenvalue weighted by Crippen LogP contribution is 2.17. The Morgan fingerprint density at radius 1 is 1.56 bits per heavy atom. The first-order valence-corrected chi connectivity index (χ1v) is 6.25. The maximum atomic E-state index is 5.74. The zero-order valence-electron chi connectivity index (χ0n) is 10.1. The number of likely N-dealkylation sites (tertiary alicyclic amines) is 1. The fraction of sp³-hybridized carbons (Fsp3) is 0.750. The minimum Gasteiger partial charge on any atom is -0.330 e. The normalized spacial score (nSPS) is 22.5. The molecule has 0 saturated carbocycles. The molecule has 90 valence electrons. The fourth-order valence-electron chi connectivity index (χ4n) is 2.41.